The van der Waals surface area contributed by atoms with Crippen molar-refractivity contribution in [2.45, 2.75) is 32.7 Å². The van der Waals surface area contributed by atoms with E-state index in [-0.39, 0.29) is 6.04 Å². The van der Waals surface area contributed by atoms with E-state index in [1.54, 1.807) is 12.1 Å². The number of nitrogens with one attached hydrogen (secondary N) is 1. The second kappa shape index (κ2) is 7.06. The lowest BCUT2D eigenvalue weighted by Gasteiger charge is -2.20. The first-order valence-corrected chi connectivity index (χ1v) is 7.19. The minimum atomic E-state index is 0.209. The number of likely N-dealkylation sites (N-methyl/N-ethyl adjacent to an activating group) is 1. The fourth-order valence-electron chi connectivity index (χ4n) is 2.44. The summed E-state index contributed by atoms with van der Waals surface area (Å²) < 4.78 is 0. The number of aromatic nitrogens is 1. The van der Waals surface area contributed by atoms with Crippen molar-refractivity contribution in [3.05, 3.63) is 59.4 Å². The molecule has 0 amide bonds. The predicted molar refractivity (Wildman–Crippen MR) is 81.8 cm³/mol. The zero-order valence-corrected chi connectivity index (χ0v) is 12.1. The van der Waals surface area contributed by atoms with E-state index < -0.39 is 0 Å². The Bertz CT molecular complexity index is 537. The van der Waals surface area contributed by atoms with Crippen LogP contribution in [0, 0.1) is 0 Å². The van der Waals surface area contributed by atoms with Crippen molar-refractivity contribution in [1.82, 2.24) is 10.3 Å². The molecule has 0 aliphatic carbocycles. The maximum Gasteiger partial charge on any atom is 0.115 e. The van der Waals surface area contributed by atoms with Crippen LogP contribution >= 0.6 is 0 Å². The minimum Gasteiger partial charge on any atom is -0.508 e. The highest BCUT2D eigenvalue weighted by atomic mass is 16.3. The summed E-state index contributed by atoms with van der Waals surface area (Å²) in [5.41, 5.74) is 3.61. The molecular weight excluding hydrogens is 248 g/mol. The first-order chi connectivity index (χ1) is 9.74. The van der Waals surface area contributed by atoms with E-state index in [1.165, 1.54) is 11.1 Å². The number of nitrogens with zero attached hydrogens (tertiary/aromatic N) is 1. The highest BCUT2D eigenvalue weighted by Gasteiger charge is 2.15. The number of hydrogen-bond acceptors (Lipinski definition) is 3. The van der Waals surface area contributed by atoms with E-state index in [1.807, 2.05) is 24.4 Å². The Morgan fingerprint density at radius 2 is 1.90 bits per heavy atom. The van der Waals surface area contributed by atoms with Crippen LogP contribution < -0.4 is 5.32 Å². The highest BCUT2D eigenvalue weighted by molar-refractivity contribution is 5.29. The molecule has 3 nitrogen and oxygen atoms in total. The van der Waals surface area contributed by atoms with Gasteiger partial charge in [0.25, 0.3) is 0 Å². The van der Waals surface area contributed by atoms with Crippen LogP contribution in [-0.4, -0.2) is 16.6 Å². The van der Waals surface area contributed by atoms with Crippen LogP contribution in [-0.2, 0) is 12.8 Å². The molecule has 1 heterocycles. The number of rotatable bonds is 6. The lowest BCUT2D eigenvalue weighted by Crippen LogP contribution is -2.25. The molecule has 0 saturated heterocycles. The van der Waals surface area contributed by atoms with Crippen LogP contribution in [0.5, 0.6) is 5.75 Å². The van der Waals surface area contributed by atoms with Crippen LogP contribution in [0.15, 0.2) is 42.6 Å². The molecule has 0 spiro atoms. The second-order valence-electron chi connectivity index (χ2n) is 4.88. The average molecular weight is 270 g/mol. The maximum absolute atomic E-state index is 9.37. The van der Waals surface area contributed by atoms with E-state index in [9.17, 15) is 5.11 Å². The van der Waals surface area contributed by atoms with Crippen LogP contribution in [0.2, 0.25) is 0 Å². The first kappa shape index (κ1) is 14.5. The van der Waals surface area contributed by atoms with Gasteiger partial charge in [-0.3, -0.25) is 4.98 Å². The van der Waals surface area contributed by atoms with Crippen LogP contribution in [0.3, 0.4) is 0 Å². The molecule has 1 aromatic carbocycles. The lowest BCUT2D eigenvalue weighted by atomic mass is 9.98. The molecule has 106 valence electrons. The van der Waals surface area contributed by atoms with Gasteiger partial charge in [-0.15, -0.1) is 0 Å². The molecule has 0 radical (unpaired) electrons. The van der Waals surface area contributed by atoms with Gasteiger partial charge in [-0.05, 0) is 48.7 Å². The summed E-state index contributed by atoms with van der Waals surface area (Å²) in [6.45, 7) is 5.17. The van der Waals surface area contributed by atoms with Gasteiger partial charge in [0.1, 0.15) is 5.75 Å². The van der Waals surface area contributed by atoms with Crippen molar-refractivity contribution in [3.63, 3.8) is 0 Å². The van der Waals surface area contributed by atoms with Crippen molar-refractivity contribution >= 4 is 0 Å². The molecule has 0 fully saturated rings. The number of hydrogen-bond donors (Lipinski definition) is 2. The largest absolute Gasteiger partial charge is 0.508 e. The van der Waals surface area contributed by atoms with E-state index in [0.29, 0.717) is 5.75 Å². The number of phenols is 1. The van der Waals surface area contributed by atoms with E-state index in [4.69, 9.17) is 0 Å². The monoisotopic (exact) mass is 270 g/mol. The van der Waals surface area contributed by atoms with Crippen LogP contribution in [0.4, 0.5) is 0 Å². The summed E-state index contributed by atoms with van der Waals surface area (Å²) in [5.74, 6) is 0.306. The number of aryl methyl sites for hydroxylation is 1. The van der Waals surface area contributed by atoms with Crippen molar-refractivity contribution < 1.29 is 5.11 Å². The molecule has 1 atom stereocenters. The second-order valence-corrected chi connectivity index (χ2v) is 4.88. The van der Waals surface area contributed by atoms with E-state index >= 15 is 0 Å². The molecule has 2 N–H and O–H groups in total. The zero-order chi connectivity index (χ0) is 14.4. The third-order valence-corrected chi connectivity index (χ3v) is 3.46. The zero-order valence-electron chi connectivity index (χ0n) is 12.1. The van der Waals surface area contributed by atoms with Crippen molar-refractivity contribution in [2.24, 2.45) is 0 Å². The Morgan fingerprint density at radius 3 is 2.55 bits per heavy atom. The molecule has 0 bridgehead atoms. The highest BCUT2D eigenvalue weighted by Crippen LogP contribution is 2.21. The Morgan fingerprint density at radius 1 is 1.15 bits per heavy atom. The Balaban J connectivity index is 2.24. The fraction of sp³-hybridized carbons (Fsp3) is 0.353. The molecule has 3 heteroatoms. The summed E-state index contributed by atoms with van der Waals surface area (Å²) in [4.78, 5) is 4.57. The first-order valence-electron chi connectivity index (χ1n) is 7.19. The predicted octanol–water partition coefficient (Wildman–Crippen LogP) is 3.24. The Labute approximate surface area is 120 Å². The molecule has 20 heavy (non-hydrogen) atoms. The van der Waals surface area contributed by atoms with Gasteiger partial charge in [-0.25, -0.2) is 0 Å². The van der Waals surface area contributed by atoms with Gasteiger partial charge < -0.3 is 10.4 Å². The number of phenolic OH excluding ortho intramolecular Hbond substituents is 1. The summed E-state index contributed by atoms with van der Waals surface area (Å²) in [6, 6.07) is 11.7. The molecule has 0 aliphatic heterocycles. The Hall–Kier alpha value is -1.87. The van der Waals surface area contributed by atoms with Crippen molar-refractivity contribution in [2.75, 3.05) is 6.54 Å². The van der Waals surface area contributed by atoms with Gasteiger partial charge in [0.05, 0.1) is 11.7 Å². The summed E-state index contributed by atoms with van der Waals surface area (Å²) >= 11 is 0. The molecular formula is C17H22N2O. The van der Waals surface area contributed by atoms with Gasteiger partial charge >= 0.3 is 0 Å². The molecule has 0 saturated carbocycles. The molecule has 0 aliphatic rings. The summed E-state index contributed by atoms with van der Waals surface area (Å²) in [5, 5.41) is 12.9. The quantitative estimate of drug-likeness (QED) is 0.847. The maximum atomic E-state index is 9.37. The molecule has 2 aromatic rings. The number of benzene rings is 1. The molecule has 2 rings (SSSR count). The van der Waals surface area contributed by atoms with Crippen molar-refractivity contribution in [3.8, 4) is 5.75 Å². The van der Waals surface area contributed by atoms with Crippen molar-refractivity contribution in [1.29, 1.82) is 0 Å². The Kier molecular flexibility index (Phi) is 5.13. The molecule has 1 aromatic heterocycles. The van der Waals surface area contributed by atoms with Crippen LogP contribution in [0.25, 0.3) is 0 Å². The van der Waals surface area contributed by atoms with Gasteiger partial charge in [-0.1, -0.05) is 32.0 Å². The lowest BCUT2D eigenvalue weighted by molar-refractivity contribution is 0.474. The van der Waals surface area contributed by atoms with Gasteiger partial charge in [0.15, 0.2) is 0 Å². The van der Waals surface area contributed by atoms with E-state index in [2.05, 4.69) is 30.2 Å². The SMILES string of the molecule is CCNC(Cc1ccc(O)cc1)c1ncccc1CC. The van der Waals surface area contributed by atoms with E-state index in [0.717, 1.165) is 25.1 Å². The molecule has 1 unspecified atom stereocenters. The third kappa shape index (κ3) is 3.58. The van der Waals surface area contributed by atoms with Crippen LogP contribution in [0.1, 0.15) is 36.7 Å². The standard InChI is InChI=1S/C17H22N2O/c1-3-14-6-5-11-19-17(14)16(18-4-2)12-13-7-9-15(20)10-8-13/h5-11,16,18,20H,3-4,12H2,1-2H3. The van der Waals surface area contributed by atoms with Gasteiger partial charge in [-0.2, -0.15) is 0 Å². The fourth-order valence-corrected chi connectivity index (χ4v) is 2.44. The smallest absolute Gasteiger partial charge is 0.115 e. The number of pyridine rings is 1. The van der Waals surface area contributed by atoms with Gasteiger partial charge in [0, 0.05) is 6.20 Å². The van der Waals surface area contributed by atoms with Gasteiger partial charge in [0.2, 0.25) is 0 Å². The minimum absolute atomic E-state index is 0.209. The number of aromatic hydroxyl groups is 1. The normalized spacial score (nSPS) is 12.3. The summed E-state index contributed by atoms with van der Waals surface area (Å²) in [7, 11) is 0. The summed E-state index contributed by atoms with van der Waals surface area (Å²) in [6.07, 6.45) is 3.72. The third-order valence-electron chi connectivity index (χ3n) is 3.46. The topological polar surface area (TPSA) is 45.1 Å². The average Bonchev–Trinajstić information content (AvgIpc) is 2.49.